The first kappa shape index (κ1) is 19.8. The Morgan fingerprint density at radius 2 is 0.906 bits per heavy atom. The highest BCUT2D eigenvalue weighted by Gasteiger charge is 2.21. The van der Waals surface area contributed by atoms with Crippen molar-refractivity contribution in [1.82, 2.24) is 0 Å². The van der Waals surface area contributed by atoms with Crippen LogP contribution in [0.1, 0.15) is 22.3 Å². The van der Waals surface area contributed by atoms with Gasteiger partial charge in [0.05, 0.1) is 37.0 Å². The molecule has 0 spiro atoms. The number of methoxy groups -OCH3 is 2. The van der Waals surface area contributed by atoms with Crippen LogP contribution in [-0.2, 0) is 0 Å². The highest BCUT2D eigenvalue weighted by atomic mass is 16.5. The predicted molar refractivity (Wildman–Crippen MR) is 129 cm³/mol. The number of aliphatic imine (C=N–C) groups is 2. The van der Waals surface area contributed by atoms with E-state index in [1.165, 1.54) is 0 Å². The highest BCUT2D eigenvalue weighted by Crippen LogP contribution is 2.36. The predicted octanol–water partition coefficient (Wildman–Crippen LogP) is 6.36. The summed E-state index contributed by atoms with van der Waals surface area (Å²) in [5.41, 5.74) is 7.24. The third-order valence-corrected chi connectivity index (χ3v) is 5.48. The van der Waals surface area contributed by atoms with Crippen LogP contribution in [0, 0.1) is 0 Å². The standard InChI is InChI=1S/C28H22N2O2/c1-31-21-13-15-25-23(17-21)27(19-9-5-3-6-10-19)30-26-16-14-22(32-2)18-24(26)28(29-25)20-11-7-4-8-12-20/h3-18H,1-2H3. The Bertz CT molecular complexity index is 1220. The average Bonchev–Trinajstić information content (AvgIpc) is 2.86. The summed E-state index contributed by atoms with van der Waals surface area (Å²) < 4.78 is 11.1. The summed E-state index contributed by atoms with van der Waals surface area (Å²) in [5.74, 6) is 1.53. The van der Waals surface area contributed by atoms with Gasteiger partial charge in [-0.25, -0.2) is 9.98 Å². The van der Waals surface area contributed by atoms with Gasteiger partial charge in [-0.05, 0) is 36.4 Å². The Hall–Kier alpha value is -4.18. The lowest BCUT2D eigenvalue weighted by molar-refractivity contribution is 0.414. The molecule has 0 bridgehead atoms. The number of hydrogen-bond donors (Lipinski definition) is 0. The molecule has 0 aromatic heterocycles. The van der Waals surface area contributed by atoms with E-state index in [1.807, 2.05) is 72.8 Å². The van der Waals surface area contributed by atoms with E-state index in [0.29, 0.717) is 0 Å². The van der Waals surface area contributed by atoms with E-state index in [2.05, 4.69) is 24.3 Å². The van der Waals surface area contributed by atoms with Gasteiger partial charge in [0.1, 0.15) is 11.5 Å². The minimum Gasteiger partial charge on any atom is -0.497 e. The van der Waals surface area contributed by atoms with Gasteiger partial charge in [-0.2, -0.15) is 0 Å². The maximum Gasteiger partial charge on any atom is 0.119 e. The second-order valence-corrected chi connectivity index (χ2v) is 7.42. The van der Waals surface area contributed by atoms with Gasteiger partial charge < -0.3 is 9.47 Å². The van der Waals surface area contributed by atoms with E-state index < -0.39 is 0 Å². The number of benzene rings is 4. The van der Waals surface area contributed by atoms with E-state index in [-0.39, 0.29) is 0 Å². The first-order chi connectivity index (χ1) is 15.8. The molecule has 0 unspecified atom stereocenters. The van der Waals surface area contributed by atoms with Crippen LogP contribution in [0.25, 0.3) is 0 Å². The molecule has 4 heteroatoms. The molecule has 0 N–H and O–H groups in total. The zero-order valence-electron chi connectivity index (χ0n) is 17.9. The van der Waals surface area contributed by atoms with Crippen molar-refractivity contribution in [2.24, 2.45) is 9.98 Å². The molecule has 0 aliphatic carbocycles. The molecule has 5 rings (SSSR count). The summed E-state index contributed by atoms with van der Waals surface area (Å²) in [6, 6.07) is 32.2. The molecule has 1 aliphatic rings. The van der Waals surface area contributed by atoms with Crippen LogP contribution in [0.15, 0.2) is 107 Å². The molecule has 0 fully saturated rings. The van der Waals surface area contributed by atoms with Crippen molar-refractivity contribution in [2.75, 3.05) is 14.2 Å². The molecule has 0 saturated heterocycles. The summed E-state index contributed by atoms with van der Waals surface area (Å²) in [6.07, 6.45) is 0. The van der Waals surface area contributed by atoms with Crippen molar-refractivity contribution < 1.29 is 9.47 Å². The molecule has 0 radical (unpaired) electrons. The Kier molecular flexibility index (Phi) is 5.26. The summed E-state index contributed by atoms with van der Waals surface area (Å²) in [4.78, 5) is 10.3. The largest absolute Gasteiger partial charge is 0.497 e. The number of rotatable bonds is 4. The van der Waals surface area contributed by atoms with E-state index in [1.54, 1.807) is 14.2 Å². The Morgan fingerprint density at radius 1 is 0.500 bits per heavy atom. The molecule has 1 aliphatic heterocycles. The molecule has 32 heavy (non-hydrogen) atoms. The van der Waals surface area contributed by atoms with Crippen molar-refractivity contribution in [1.29, 1.82) is 0 Å². The number of fused-ring (bicyclic) bond motifs is 2. The lowest BCUT2D eigenvalue weighted by Gasteiger charge is -2.19. The minimum absolute atomic E-state index is 0.763. The van der Waals surface area contributed by atoms with Gasteiger partial charge in [0, 0.05) is 22.3 Å². The number of nitrogens with zero attached hydrogens (tertiary/aromatic N) is 2. The van der Waals surface area contributed by atoms with Crippen molar-refractivity contribution in [3.8, 4) is 11.5 Å². The zero-order chi connectivity index (χ0) is 21.9. The Morgan fingerprint density at radius 3 is 1.28 bits per heavy atom. The van der Waals surface area contributed by atoms with Crippen molar-refractivity contribution in [2.45, 2.75) is 0 Å². The third-order valence-electron chi connectivity index (χ3n) is 5.48. The normalized spacial score (nSPS) is 12.4. The van der Waals surface area contributed by atoms with E-state index in [0.717, 1.165) is 56.6 Å². The number of ether oxygens (including phenoxy) is 2. The monoisotopic (exact) mass is 418 g/mol. The summed E-state index contributed by atoms with van der Waals surface area (Å²) in [5, 5.41) is 0. The van der Waals surface area contributed by atoms with Gasteiger partial charge in [0.15, 0.2) is 0 Å². The van der Waals surface area contributed by atoms with Gasteiger partial charge in [-0.3, -0.25) is 0 Å². The number of hydrogen-bond acceptors (Lipinski definition) is 4. The lowest BCUT2D eigenvalue weighted by atomic mass is 9.95. The van der Waals surface area contributed by atoms with Crippen molar-refractivity contribution >= 4 is 22.8 Å². The molecular formula is C28H22N2O2. The third kappa shape index (κ3) is 3.67. The van der Waals surface area contributed by atoms with E-state index in [9.17, 15) is 0 Å². The summed E-state index contributed by atoms with van der Waals surface area (Å²) in [7, 11) is 3.34. The van der Waals surface area contributed by atoms with E-state index in [4.69, 9.17) is 19.5 Å². The molecule has 4 nitrogen and oxygen atoms in total. The first-order valence-electron chi connectivity index (χ1n) is 10.4. The quantitative estimate of drug-likeness (QED) is 0.341. The molecule has 156 valence electrons. The van der Waals surface area contributed by atoms with Crippen LogP contribution in [-0.4, -0.2) is 25.6 Å². The van der Waals surface area contributed by atoms with Crippen LogP contribution < -0.4 is 9.47 Å². The van der Waals surface area contributed by atoms with E-state index >= 15 is 0 Å². The zero-order valence-corrected chi connectivity index (χ0v) is 17.9. The fourth-order valence-corrected chi connectivity index (χ4v) is 3.85. The Labute approximate surface area is 187 Å². The molecule has 0 amide bonds. The average molecular weight is 418 g/mol. The molecule has 4 aromatic carbocycles. The summed E-state index contributed by atoms with van der Waals surface area (Å²) in [6.45, 7) is 0. The fourth-order valence-electron chi connectivity index (χ4n) is 3.85. The van der Waals surface area contributed by atoms with Crippen molar-refractivity contribution in [3.05, 3.63) is 119 Å². The highest BCUT2D eigenvalue weighted by molar-refractivity contribution is 6.22. The van der Waals surface area contributed by atoms with Gasteiger partial charge in [-0.15, -0.1) is 0 Å². The summed E-state index contributed by atoms with van der Waals surface area (Å²) >= 11 is 0. The van der Waals surface area contributed by atoms with Crippen LogP contribution >= 0.6 is 0 Å². The molecular weight excluding hydrogens is 396 g/mol. The van der Waals surface area contributed by atoms with Gasteiger partial charge in [0.2, 0.25) is 0 Å². The molecule has 0 saturated carbocycles. The maximum atomic E-state index is 5.53. The molecule has 1 heterocycles. The van der Waals surface area contributed by atoms with Gasteiger partial charge in [-0.1, -0.05) is 60.7 Å². The van der Waals surface area contributed by atoms with Crippen LogP contribution in [0.3, 0.4) is 0 Å². The molecule has 0 atom stereocenters. The van der Waals surface area contributed by atoms with Gasteiger partial charge >= 0.3 is 0 Å². The topological polar surface area (TPSA) is 43.2 Å². The first-order valence-corrected chi connectivity index (χ1v) is 10.4. The second kappa shape index (κ2) is 8.52. The molecule has 4 aromatic rings. The Balaban J connectivity index is 1.85. The van der Waals surface area contributed by atoms with Crippen LogP contribution in [0.4, 0.5) is 11.4 Å². The van der Waals surface area contributed by atoms with Gasteiger partial charge in [0.25, 0.3) is 0 Å². The minimum atomic E-state index is 0.763. The second-order valence-electron chi connectivity index (χ2n) is 7.42. The SMILES string of the molecule is COc1ccc2c(c1)C(c1ccccc1)=Nc1ccc(OC)cc1C(c1ccccc1)=N2. The van der Waals surface area contributed by atoms with Crippen LogP contribution in [0.2, 0.25) is 0 Å². The van der Waals surface area contributed by atoms with Crippen molar-refractivity contribution in [3.63, 3.8) is 0 Å². The fraction of sp³-hybridized carbons (Fsp3) is 0.0714. The van der Waals surface area contributed by atoms with Crippen LogP contribution in [0.5, 0.6) is 11.5 Å². The maximum absolute atomic E-state index is 5.53. The lowest BCUT2D eigenvalue weighted by Crippen LogP contribution is -2.10. The smallest absolute Gasteiger partial charge is 0.119 e.